The number of rotatable bonds is 6. The molecule has 1 N–H and O–H groups in total. The van der Waals surface area contributed by atoms with Gasteiger partial charge in [-0.2, -0.15) is 0 Å². The molecule has 0 saturated carbocycles. The van der Waals surface area contributed by atoms with Gasteiger partial charge in [-0.15, -0.1) is 11.3 Å². The predicted molar refractivity (Wildman–Crippen MR) is 75.2 cm³/mol. The first-order chi connectivity index (χ1) is 8.75. The number of para-hydroxylation sites is 1. The van der Waals surface area contributed by atoms with Gasteiger partial charge in [0.25, 0.3) is 0 Å². The second kappa shape index (κ2) is 6.52. The summed E-state index contributed by atoms with van der Waals surface area (Å²) in [6.45, 7) is 6.49. The lowest BCUT2D eigenvalue weighted by molar-refractivity contribution is 0.314. The minimum Gasteiger partial charge on any atom is -0.492 e. The van der Waals surface area contributed by atoms with E-state index in [9.17, 15) is 0 Å². The summed E-state index contributed by atoms with van der Waals surface area (Å²) < 4.78 is 5.60. The smallest absolute Gasteiger partial charge is 0.119 e. The molecule has 0 aliphatic rings. The Morgan fingerprint density at radius 2 is 2.00 bits per heavy atom. The number of aromatic nitrogens is 1. The van der Waals surface area contributed by atoms with Crippen LogP contribution in [0.4, 0.5) is 0 Å². The Morgan fingerprint density at radius 1 is 1.22 bits per heavy atom. The Balaban J connectivity index is 1.66. The Hall–Kier alpha value is -1.39. The van der Waals surface area contributed by atoms with Gasteiger partial charge in [-0.05, 0) is 26.0 Å². The maximum absolute atomic E-state index is 5.60. The molecule has 1 aromatic carbocycles. The molecule has 0 radical (unpaired) electrons. The van der Waals surface area contributed by atoms with Crippen LogP contribution in [0.3, 0.4) is 0 Å². The molecule has 18 heavy (non-hydrogen) atoms. The molecule has 0 unspecified atom stereocenters. The van der Waals surface area contributed by atoms with Gasteiger partial charge in [0.1, 0.15) is 12.4 Å². The summed E-state index contributed by atoms with van der Waals surface area (Å²) in [6, 6.07) is 9.88. The monoisotopic (exact) mass is 262 g/mol. The molecule has 0 bridgehead atoms. The highest BCUT2D eigenvalue weighted by atomic mass is 32.1. The third-order valence-corrected chi connectivity index (χ3v) is 3.65. The number of aryl methyl sites for hydroxylation is 2. The van der Waals surface area contributed by atoms with Crippen molar-refractivity contribution in [3.05, 3.63) is 45.9 Å². The predicted octanol–water partition coefficient (Wildman–Crippen LogP) is 2.93. The maximum Gasteiger partial charge on any atom is 0.119 e. The molecule has 0 fully saturated rings. The molecule has 0 amide bonds. The second-order valence-corrected chi connectivity index (χ2v) is 5.37. The number of thiazole rings is 1. The molecule has 0 aliphatic carbocycles. The second-order valence-electron chi connectivity index (χ2n) is 4.08. The highest BCUT2D eigenvalue weighted by molar-refractivity contribution is 7.11. The first-order valence-corrected chi connectivity index (χ1v) is 6.89. The van der Waals surface area contributed by atoms with Crippen LogP contribution in [0.15, 0.2) is 30.3 Å². The third-order valence-electron chi connectivity index (χ3n) is 2.58. The van der Waals surface area contributed by atoms with Crippen molar-refractivity contribution < 1.29 is 4.74 Å². The topological polar surface area (TPSA) is 34.2 Å². The van der Waals surface area contributed by atoms with Gasteiger partial charge < -0.3 is 10.1 Å². The number of nitrogens with one attached hydrogen (secondary N) is 1. The van der Waals surface area contributed by atoms with Gasteiger partial charge in [0.05, 0.1) is 10.7 Å². The van der Waals surface area contributed by atoms with Gasteiger partial charge in [-0.3, -0.25) is 0 Å². The number of hydrogen-bond acceptors (Lipinski definition) is 4. The zero-order valence-corrected chi connectivity index (χ0v) is 11.6. The number of benzene rings is 1. The molecule has 1 aromatic heterocycles. The summed E-state index contributed by atoms with van der Waals surface area (Å²) in [5, 5.41) is 4.50. The number of nitrogens with zero attached hydrogens (tertiary/aromatic N) is 1. The lowest BCUT2D eigenvalue weighted by Crippen LogP contribution is -2.20. The van der Waals surface area contributed by atoms with Gasteiger partial charge in [-0.25, -0.2) is 4.98 Å². The Bertz CT molecular complexity index is 482. The Labute approximate surface area is 112 Å². The first kappa shape index (κ1) is 13.1. The van der Waals surface area contributed by atoms with Crippen molar-refractivity contribution in [1.82, 2.24) is 10.3 Å². The van der Waals surface area contributed by atoms with E-state index in [1.54, 1.807) is 11.3 Å². The number of ether oxygens (including phenoxy) is 1. The van der Waals surface area contributed by atoms with Crippen LogP contribution >= 0.6 is 11.3 Å². The third kappa shape index (κ3) is 3.82. The van der Waals surface area contributed by atoms with E-state index in [2.05, 4.69) is 17.2 Å². The highest BCUT2D eigenvalue weighted by Gasteiger charge is 2.03. The average Bonchev–Trinajstić information content (AvgIpc) is 2.69. The molecular weight excluding hydrogens is 244 g/mol. The maximum atomic E-state index is 5.60. The average molecular weight is 262 g/mol. The van der Waals surface area contributed by atoms with Crippen LogP contribution in [0.5, 0.6) is 5.75 Å². The SMILES string of the molecule is Cc1nc(C)c(CNCCOc2ccccc2)s1. The summed E-state index contributed by atoms with van der Waals surface area (Å²) in [7, 11) is 0. The van der Waals surface area contributed by atoms with E-state index >= 15 is 0 Å². The molecule has 0 spiro atoms. The molecule has 0 atom stereocenters. The zero-order chi connectivity index (χ0) is 12.8. The molecular formula is C14H18N2OS. The first-order valence-electron chi connectivity index (χ1n) is 6.07. The summed E-state index contributed by atoms with van der Waals surface area (Å²) in [5.74, 6) is 0.920. The lowest BCUT2D eigenvalue weighted by Gasteiger charge is -2.06. The summed E-state index contributed by atoms with van der Waals surface area (Å²) >= 11 is 1.75. The summed E-state index contributed by atoms with van der Waals surface area (Å²) in [5.41, 5.74) is 1.13. The van der Waals surface area contributed by atoms with Crippen molar-refractivity contribution in [3.63, 3.8) is 0 Å². The van der Waals surface area contributed by atoms with Gasteiger partial charge in [0.2, 0.25) is 0 Å². The largest absolute Gasteiger partial charge is 0.492 e. The standard InChI is InChI=1S/C14H18N2OS/c1-11-14(18-12(2)16-11)10-15-8-9-17-13-6-4-3-5-7-13/h3-7,15H,8-10H2,1-2H3. The molecule has 4 heteroatoms. The van der Waals surface area contributed by atoms with Gasteiger partial charge in [-0.1, -0.05) is 18.2 Å². The van der Waals surface area contributed by atoms with Crippen molar-refractivity contribution in [2.75, 3.05) is 13.2 Å². The van der Waals surface area contributed by atoms with E-state index in [1.807, 2.05) is 37.3 Å². The zero-order valence-electron chi connectivity index (χ0n) is 10.8. The molecule has 2 rings (SSSR count). The fraction of sp³-hybridized carbons (Fsp3) is 0.357. The van der Waals surface area contributed by atoms with Crippen molar-refractivity contribution in [3.8, 4) is 5.75 Å². The summed E-state index contributed by atoms with van der Waals surface area (Å²) in [6.07, 6.45) is 0. The quantitative estimate of drug-likeness (QED) is 0.813. The van der Waals surface area contributed by atoms with Crippen LogP contribution in [0.25, 0.3) is 0 Å². The van der Waals surface area contributed by atoms with Crippen LogP contribution in [-0.2, 0) is 6.54 Å². The van der Waals surface area contributed by atoms with Gasteiger partial charge >= 0.3 is 0 Å². The van der Waals surface area contributed by atoms with Crippen molar-refractivity contribution in [1.29, 1.82) is 0 Å². The molecule has 96 valence electrons. The molecule has 1 heterocycles. The normalized spacial score (nSPS) is 10.6. The van der Waals surface area contributed by atoms with Crippen LogP contribution in [0, 0.1) is 13.8 Å². The minimum absolute atomic E-state index is 0.681. The van der Waals surface area contributed by atoms with E-state index < -0.39 is 0 Å². The fourth-order valence-electron chi connectivity index (χ4n) is 1.70. The Kier molecular flexibility index (Phi) is 4.73. The van der Waals surface area contributed by atoms with Crippen LogP contribution < -0.4 is 10.1 Å². The number of hydrogen-bond donors (Lipinski definition) is 1. The van der Waals surface area contributed by atoms with Crippen molar-refractivity contribution in [2.45, 2.75) is 20.4 Å². The lowest BCUT2D eigenvalue weighted by atomic mass is 10.3. The molecule has 3 nitrogen and oxygen atoms in total. The van der Waals surface area contributed by atoms with E-state index in [0.717, 1.165) is 29.5 Å². The van der Waals surface area contributed by atoms with Crippen LogP contribution in [-0.4, -0.2) is 18.1 Å². The van der Waals surface area contributed by atoms with Crippen molar-refractivity contribution in [2.24, 2.45) is 0 Å². The highest BCUT2D eigenvalue weighted by Crippen LogP contribution is 2.16. The van der Waals surface area contributed by atoms with E-state index in [1.165, 1.54) is 4.88 Å². The summed E-state index contributed by atoms with van der Waals surface area (Å²) in [4.78, 5) is 5.72. The van der Waals surface area contributed by atoms with E-state index in [-0.39, 0.29) is 0 Å². The van der Waals surface area contributed by atoms with E-state index in [4.69, 9.17) is 4.74 Å². The van der Waals surface area contributed by atoms with Crippen LogP contribution in [0.1, 0.15) is 15.6 Å². The van der Waals surface area contributed by atoms with E-state index in [0.29, 0.717) is 6.61 Å². The molecule has 0 saturated heterocycles. The Morgan fingerprint density at radius 3 is 2.67 bits per heavy atom. The van der Waals surface area contributed by atoms with Gasteiger partial charge in [0.15, 0.2) is 0 Å². The van der Waals surface area contributed by atoms with Gasteiger partial charge in [0, 0.05) is 18.0 Å². The molecule has 2 aromatic rings. The fourth-order valence-corrected chi connectivity index (χ4v) is 2.60. The minimum atomic E-state index is 0.681. The van der Waals surface area contributed by atoms with Crippen molar-refractivity contribution >= 4 is 11.3 Å². The van der Waals surface area contributed by atoms with Crippen LogP contribution in [0.2, 0.25) is 0 Å². The molecule has 0 aliphatic heterocycles.